The van der Waals surface area contributed by atoms with Gasteiger partial charge in [0.25, 0.3) is 0 Å². The average molecular weight is 292 g/mol. The van der Waals surface area contributed by atoms with E-state index >= 15 is 0 Å². The Morgan fingerprint density at radius 2 is 1.67 bits per heavy atom. The lowest BCUT2D eigenvalue weighted by molar-refractivity contribution is -0.137. The van der Waals surface area contributed by atoms with Gasteiger partial charge in [-0.3, -0.25) is 9.78 Å². The van der Waals surface area contributed by atoms with Gasteiger partial charge in [-0.05, 0) is 35.9 Å². The van der Waals surface area contributed by atoms with Gasteiger partial charge in [-0.2, -0.15) is 13.2 Å². The summed E-state index contributed by atoms with van der Waals surface area (Å²) in [7, 11) is 0. The van der Waals surface area contributed by atoms with E-state index in [1.807, 2.05) is 0 Å². The fourth-order valence-electron chi connectivity index (χ4n) is 1.57. The van der Waals surface area contributed by atoms with Crippen LogP contribution in [0.4, 0.5) is 18.9 Å². The minimum atomic E-state index is -4.36. The topological polar surface area (TPSA) is 42.0 Å². The molecule has 0 saturated carbocycles. The summed E-state index contributed by atoms with van der Waals surface area (Å²) >= 11 is 0. The molecule has 0 spiro atoms. The molecule has 1 aromatic heterocycles. The number of rotatable bonds is 3. The molecular formula is C15H11F3N2O. The number of carbonyl (C=O) groups excluding carboxylic acids is 1. The summed E-state index contributed by atoms with van der Waals surface area (Å²) < 4.78 is 37.2. The number of hydrogen-bond acceptors (Lipinski definition) is 2. The Kier molecular flexibility index (Phi) is 4.37. The lowest BCUT2D eigenvalue weighted by atomic mass is 10.1. The highest BCUT2D eigenvalue weighted by molar-refractivity contribution is 6.01. The Morgan fingerprint density at radius 1 is 1.05 bits per heavy atom. The summed E-state index contributed by atoms with van der Waals surface area (Å²) in [6.45, 7) is 0. The number of hydrogen-bond donors (Lipinski definition) is 1. The fourth-order valence-corrected chi connectivity index (χ4v) is 1.57. The molecule has 0 aliphatic carbocycles. The van der Waals surface area contributed by atoms with E-state index in [-0.39, 0.29) is 5.91 Å². The van der Waals surface area contributed by atoms with Gasteiger partial charge in [0.05, 0.1) is 5.56 Å². The molecule has 0 fully saturated rings. The van der Waals surface area contributed by atoms with Gasteiger partial charge in [0.1, 0.15) is 0 Å². The lowest BCUT2D eigenvalue weighted by Gasteiger charge is -2.05. The molecule has 6 heteroatoms. The molecule has 2 rings (SSSR count). The van der Waals surface area contributed by atoms with Crippen molar-refractivity contribution in [2.45, 2.75) is 6.18 Å². The van der Waals surface area contributed by atoms with Crippen molar-refractivity contribution in [2.24, 2.45) is 0 Å². The number of anilines is 1. The molecule has 0 saturated heterocycles. The van der Waals surface area contributed by atoms with Gasteiger partial charge in [0.15, 0.2) is 0 Å². The predicted octanol–water partition coefficient (Wildman–Crippen LogP) is 3.75. The molecule has 1 N–H and O–H groups in total. The zero-order chi connectivity index (χ0) is 15.3. The number of pyridine rings is 1. The van der Waals surface area contributed by atoms with Crippen LogP contribution in [0.2, 0.25) is 0 Å². The molecule has 0 atom stereocenters. The van der Waals surface area contributed by atoms with Crippen molar-refractivity contribution in [3.8, 4) is 0 Å². The molecule has 0 unspecified atom stereocenters. The molecule has 0 bridgehead atoms. The van der Waals surface area contributed by atoms with Crippen LogP contribution in [0.3, 0.4) is 0 Å². The van der Waals surface area contributed by atoms with Crippen molar-refractivity contribution >= 4 is 17.7 Å². The van der Waals surface area contributed by atoms with Crippen molar-refractivity contribution in [1.29, 1.82) is 0 Å². The fraction of sp³-hybridized carbons (Fsp3) is 0.0667. The van der Waals surface area contributed by atoms with Crippen LogP contribution in [0, 0.1) is 0 Å². The average Bonchev–Trinajstić information content (AvgIpc) is 2.46. The first-order valence-electron chi connectivity index (χ1n) is 6.01. The molecule has 1 aromatic carbocycles. The van der Waals surface area contributed by atoms with Gasteiger partial charge < -0.3 is 5.32 Å². The van der Waals surface area contributed by atoms with Crippen molar-refractivity contribution in [1.82, 2.24) is 4.98 Å². The third-order valence-corrected chi connectivity index (χ3v) is 2.61. The first-order chi connectivity index (χ1) is 9.95. The standard InChI is InChI=1S/C15H11F3N2O/c16-15(17,18)12-4-1-11(2-5-12)3-6-14(21)20-13-7-9-19-10-8-13/h1-10H,(H,19,20,21)/b6-3+. The second-order valence-electron chi connectivity index (χ2n) is 4.18. The van der Waals surface area contributed by atoms with Crippen LogP contribution in [0.5, 0.6) is 0 Å². The summed E-state index contributed by atoms with van der Waals surface area (Å²) in [5, 5.41) is 2.60. The lowest BCUT2D eigenvalue weighted by Crippen LogP contribution is -2.07. The maximum atomic E-state index is 12.4. The number of nitrogens with one attached hydrogen (secondary N) is 1. The number of carbonyl (C=O) groups is 1. The van der Waals surface area contributed by atoms with E-state index in [0.29, 0.717) is 11.3 Å². The summed E-state index contributed by atoms with van der Waals surface area (Å²) in [6.07, 6.45) is 1.41. The Morgan fingerprint density at radius 3 is 2.24 bits per heavy atom. The zero-order valence-electron chi connectivity index (χ0n) is 10.8. The van der Waals surface area contributed by atoms with Gasteiger partial charge in [-0.15, -0.1) is 0 Å². The third-order valence-electron chi connectivity index (χ3n) is 2.61. The molecule has 2 aromatic rings. The quantitative estimate of drug-likeness (QED) is 0.875. The Labute approximate surface area is 119 Å². The molecule has 108 valence electrons. The van der Waals surface area contributed by atoms with E-state index in [0.717, 1.165) is 12.1 Å². The number of nitrogens with zero attached hydrogens (tertiary/aromatic N) is 1. The van der Waals surface area contributed by atoms with Gasteiger partial charge in [-0.25, -0.2) is 0 Å². The molecular weight excluding hydrogens is 281 g/mol. The smallest absolute Gasteiger partial charge is 0.322 e. The van der Waals surface area contributed by atoms with Crippen LogP contribution in [-0.4, -0.2) is 10.9 Å². The molecule has 1 heterocycles. The zero-order valence-corrected chi connectivity index (χ0v) is 10.8. The second kappa shape index (κ2) is 6.21. The van der Waals surface area contributed by atoms with E-state index < -0.39 is 11.7 Å². The van der Waals surface area contributed by atoms with E-state index in [1.54, 1.807) is 12.1 Å². The monoisotopic (exact) mass is 292 g/mol. The third kappa shape index (κ3) is 4.45. The Balaban J connectivity index is 1.99. The van der Waals surface area contributed by atoms with Gasteiger partial charge in [0, 0.05) is 24.2 Å². The van der Waals surface area contributed by atoms with E-state index in [2.05, 4.69) is 10.3 Å². The van der Waals surface area contributed by atoms with E-state index in [1.165, 1.54) is 36.7 Å². The van der Waals surface area contributed by atoms with Gasteiger partial charge >= 0.3 is 6.18 Å². The SMILES string of the molecule is O=C(/C=C/c1ccc(C(F)(F)F)cc1)Nc1ccncc1. The summed E-state index contributed by atoms with van der Waals surface area (Å²) in [5.41, 5.74) is 0.376. The minimum absolute atomic E-state index is 0.374. The van der Waals surface area contributed by atoms with E-state index in [4.69, 9.17) is 0 Å². The molecule has 0 aliphatic rings. The number of halogens is 3. The van der Waals surface area contributed by atoms with Crippen LogP contribution in [0.15, 0.2) is 54.9 Å². The van der Waals surface area contributed by atoms with Crippen LogP contribution < -0.4 is 5.32 Å². The van der Waals surface area contributed by atoms with Crippen LogP contribution in [0.1, 0.15) is 11.1 Å². The minimum Gasteiger partial charge on any atom is -0.322 e. The Bertz CT molecular complexity index is 634. The number of alkyl halides is 3. The maximum absolute atomic E-state index is 12.4. The van der Waals surface area contributed by atoms with Crippen molar-refractivity contribution in [3.63, 3.8) is 0 Å². The highest BCUT2D eigenvalue weighted by atomic mass is 19.4. The number of amides is 1. The number of aromatic nitrogens is 1. The highest BCUT2D eigenvalue weighted by Gasteiger charge is 2.29. The largest absolute Gasteiger partial charge is 0.416 e. The second-order valence-corrected chi connectivity index (χ2v) is 4.18. The van der Waals surface area contributed by atoms with Crippen molar-refractivity contribution in [2.75, 3.05) is 5.32 Å². The van der Waals surface area contributed by atoms with Crippen LogP contribution in [0.25, 0.3) is 6.08 Å². The summed E-state index contributed by atoms with van der Waals surface area (Å²) in [6, 6.07) is 7.81. The highest BCUT2D eigenvalue weighted by Crippen LogP contribution is 2.29. The van der Waals surface area contributed by atoms with Crippen LogP contribution in [-0.2, 0) is 11.0 Å². The molecule has 0 aliphatic heterocycles. The molecule has 3 nitrogen and oxygen atoms in total. The summed E-state index contributed by atoms with van der Waals surface area (Å²) in [5.74, 6) is -0.374. The first kappa shape index (κ1) is 14.8. The normalized spacial score (nSPS) is 11.6. The van der Waals surface area contributed by atoms with Crippen LogP contribution >= 0.6 is 0 Å². The van der Waals surface area contributed by atoms with E-state index in [9.17, 15) is 18.0 Å². The first-order valence-corrected chi connectivity index (χ1v) is 6.01. The van der Waals surface area contributed by atoms with Crippen molar-refractivity contribution in [3.05, 3.63) is 66.0 Å². The predicted molar refractivity (Wildman–Crippen MR) is 73.3 cm³/mol. The molecule has 21 heavy (non-hydrogen) atoms. The molecule has 0 radical (unpaired) electrons. The van der Waals surface area contributed by atoms with Gasteiger partial charge in [-0.1, -0.05) is 12.1 Å². The van der Waals surface area contributed by atoms with Crippen molar-refractivity contribution < 1.29 is 18.0 Å². The Hall–Kier alpha value is -2.63. The number of benzene rings is 1. The maximum Gasteiger partial charge on any atom is 0.416 e. The van der Waals surface area contributed by atoms with Gasteiger partial charge in [0.2, 0.25) is 5.91 Å². The molecule has 1 amide bonds. The summed E-state index contributed by atoms with van der Waals surface area (Å²) in [4.78, 5) is 15.4.